The van der Waals surface area contributed by atoms with Gasteiger partial charge in [0, 0.05) is 37.6 Å². The smallest absolute Gasteiger partial charge is 0.244 e. The van der Waals surface area contributed by atoms with Crippen LogP contribution in [0.25, 0.3) is 0 Å². The van der Waals surface area contributed by atoms with E-state index in [1.807, 2.05) is 13.0 Å². The Morgan fingerprint density at radius 2 is 2.14 bits per heavy atom. The maximum Gasteiger partial charge on any atom is 0.244 e. The van der Waals surface area contributed by atoms with Gasteiger partial charge in [-0.1, -0.05) is 13.8 Å². The van der Waals surface area contributed by atoms with Crippen molar-refractivity contribution in [1.29, 1.82) is 0 Å². The predicted octanol–water partition coefficient (Wildman–Crippen LogP) is 2.21. The molecule has 5 nitrogen and oxygen atoms in total. The maximum absolute atomic E-state index is 12.7. The molecule has 0 spiro atoms. The second-order valence-corrected chi connectivity index (χ2v) is 8.14. The molecule has 1 unspecified atom stereocenters. The van der Waals surface area contributed by atoms with Crippen LogP contribution in [0.4, 0.5) is 0 Å². The van der Waals surface area contributed by atoms with Crippen molar-refractivity contribution in [2.24, 2.45) is 5.92 Å². The lowest BCUT2D eigenvalue weighted by molar-refractivity contribution is 0.464. The van der Waals surface area contributed by atoms with Crippen LogP contribution in [-0.4, -0.2) is 36.9 Å². The fraction of sp³-hybridized carbons (Fsp3) is 0.733. The summed E-state index contributed by atoms with van der Waals surface area (Å²) in [5, 5.41) is 3.27. The van der Waals surface area contributed by atoms with E-state index in [0.717, 1.165) is 18.7 Å². The number of nitrogens with zero attached hydrogens (tertiary/aromatic N) is 2. The van der Waals surface area contributed by atoms with Crippen LogP contribution in [0.3, 0.4) is 0 Å². The van der Waals surface area contributed by atoms with E-state index < -0.39 is 10.0 Å². The Morgan fingerprint density at radius 1 is 1.43 bits per heavy atom. The lowest BCUT2D eigenvalue weighted by Crippen LogP contribution is -2.28. The topological polar surface area (TPSA) is 54.3 Å². The van der Waals surface area contributed by atoms with Gasteiger partial charge in [-0.2, -0.15) is 4.31 Å². The van der Waals surface area contributed by atoms with Crippen LogP contribution >= 0.6 is 0 Å². The van der Waals surface area contributed by atoms with E-state index in [4.69, 9.17) is 0 Å². The lowest BCUT2D eigenvalue weighted by Gasteiger charge is -2.15. The third-order valence-electron chi connectivity index (χ3n) is 4.04. The molecule has 1 N–H and O–H groups in total. The summed E-state index contributed by atoms with van der Waals surface area (Å²) in [5.74, 6) is 0.452. The molecule has 1 aliphatic heterocycles. The van der Waals surface area contributed by atoms with Crippen LogP contribution in [0.2, 0.25) is 0 Å². The van der Waals surface area contributed by atoms with Gasteiger partial charge in [0.15, 0.2) is 0 Å². The monoisotopic (exact) mass is 313 g/mol. The minimum Gasteiger partial charge on any atom is -0.346 e. The molecule has 1 aromatic rings. The Hall–Kier alpha value is -0.850. The summed E-state index contributed by atoms with van der Waals surface area (Å²) in [6.07, 6.45) is 2.74. The number of nitrogens with one attached hydrogen (secondary N) is 1. The third-order valence-corrected chi connectivity index (χ3v) is 5.87. The SMILES string of the molecule is CCNCc1cc(S(=O)(=O)N2CCC(C)C2)cn1C(C)C. The van der Waals surface area contributed by atoms with Crippen molar-refractivity contribution in [3.8, 4) is 0 Å². The van der Waals surface area contributed by atoms with Gasteiger partial charge in [-0.15, -0.1) is 0 Å². The van der Waals surface area contributed by atoms with E-state index in [9.17, 15) is 8.42 Å². The quantitative estimate of drug-likeness (QED) is 0.876. The summed E-state index contributed by atoms with van der Waals surface area (Å²) in [4.78, 5) is 0.429. The van der Waals surface area contributed by atoms with E-state index >= 15 is 0 Å². The Kier molecular flexibility index (Phi) is 5.11. The molecule has 120 valence electrons. The van der Waals surface area contributed by atoms with E-state index in [0.29, 0.717) is 30.4 Å². The van der Waals surface area contributed by atoms with Crippen molar-refractivity contribution in [1.82, 2.24) is 14.2 Å². The Bertz CT molecular complexity index is 578. The zero-order chi connectivity index (χ0) is 15.6. The normalized spacial score (nSPS) is 20.5. The summed E-state index contributed by atoms with van der Waals surface area (Å²) in [6.45, 7) is 11.1. The third kappa shape index (κ3) is 3.49. The van der Waals surface area contributed by atoms with Crippen LogP contribution in [-0.2, 0) is 16.6 Å². The molecule has 2 heterocycles. The van der Waals surface area contributed by atoms with Crippen molar-refractivity contribution in [3.05, 3.63) is 18.0 Å². The first kappa shape index (κ1) is 16.5. The van der Waals surface area contributed by atoms with E-state index in [-0.39, 0.29) is 6.04 Å². The van der Waals surface area contributed by atoms with E-state index in [1.54, 1.807) is 10.5 Å². The minimum absolute atomic E-state index is 0.250. The highest BCUT2D eigenvalue weighted by molar-refractivity contribution is 7.89. The molecule has 0 aliphatic carbocycles. The van der Waals surface area contributed by atoms with Crippen molar-refractivity contribution in [2.75, 3.05) is 19.6 Å². The molecule has 0 radical (unpaired) electrons. The fourth-order valence-corrected chi connectivity index (χ4v) is 4.40. The summed E-state index contributed by atoms with van der Waals surface area (Å²) in [6, 6.07) is 2.07. The maximum atomic E-state index is 12.7. The summed E-state index contributed by atoms with van der Waals surface area (Å²) in [5.41, 5.74) is 1.03. The highest BCUT2D eigenvalue weighted by atomic mass is 32.2. The average Bonchev–Trinajstić information content (AvgIpc) is 3.03. The van der Waals surface area contributed by atoms with Crippen molar-refractivity contribution in [3.63, 3.8) is 0 Å². The van der Waals surface area contributed by atoms with Crippen LogP contribution in [0.15, 0.2) is 17.2 Å². The second kappa shape index (κ2) is 6.50. The zero-order valence-corrected chi connectivity index (χ0v) is 14.3. The summed E-state index contributed by atoms with van der Waals surface area (Å²) in [7, 11) is -3.35. The molecule has 0 amide bonds. The van der Waals surface area contributed by atoms with Gasteiger partial charge in [0.05, 0.1) is 0 Å². The summed E-state index contributed by atoms with van der Waals surface area (Å²) < 4.78 is 29.1. The molecule has 2 rings (SSSR count). The lowest BCUT2D eigenvalue weighted by atomic mass is 10.2. The van der Waals surface area contributed by atoms with Crippen molar-refractivity contribution < 1.29 is 8.42 Å². The van der Waals surface area contributed by atoms with Crippen LogP contribution in [0, 0.1) is 5.92 Å². The second-order valence-electron chi connectivity index (χ2n) is 6.21. The first-order valence-corrected chi connectivity index (χ1v) is 9.21. The molecule has 1 fully saturated rings. The first-order valence-electron chi connectivity index (χ1n) is 7.77. The minimum atomic E-state index is -3.35. The predicted molar refractivity (Wildman–Crippen MR) is 84.7 cm³/mol. The number of rotatable bonds is 6. The highest BCUT2D eigenvalue weighted by Gasteiger charge is 2.31. The molecule has 1 aromatic heterocycles. The first-order chi connectivity index (χ1) is 9.86. The van der Waals surface area contributed by atoms with Gasteiger partial charge < -0.3 is 9.88 Å². The summed E-state index contributed by atoms with van der Waals surface area (Å²) >= 11 is 0. The Morgan fingerprint density at radius 3 is 2.67 bits per heavy atom. The van der Waals surface area contributed by atoms with Gasteiger partial charge in [-0.05, 0) is 38.8 Å². The van der Waals surface area contributed by atoms with Crippen LogP contribution in [0.1, 0.15) is 45.9 Å². The number of hydrogen-bond acceptors (Lipinski definition) is 3. The molecular formula is C15H27N3O2S. The molecular weight excluding hydrogens is 286 g/mol. The van der Waals surface area contributed by atoms with Crippen LogP contribution < -0.4 is 5.32 Å². The number of aromatic nitrogens is 1. The zero-order valence-electron chi connectivity index (χ0n) is 13.5. The highest BCUT2D eigenvalue weighted by Crippen LogP contribution is 2.26. The Balaban J connectivity index is 2.30. The molecule has 0 saturated carbocycles. The number of sulfonamides is 1. The molecule has 1 atom stereocenters. The van der Waals surface area contributed by atoms with Gasteiger partial charge in [-0.3, -0.25) is 0 Å². The van der Waals surface area contributed by atoms with Gasteiger partial charge >= 0.3 is 0 Å². The average molecular weight is 313 g/mol. The molecule has 1 saturated heterocycles. The Labute approximate surface area is 128 Å². The number of hydrogen-bond donors (Lipinski definition) is 1. The molecule has 6 heteroatoms. The van der Waals surface area contributed by atoms with Gasteiger partial charge in [0.25, 0.3) is 0 Å². The fourth-order valence-electron chi connectivity index (χ4n) is 2.78. The largest absolute Gasteiger partial charge is 0.346 e. The standard InChI is InChI=1S/C15H27N3O2S/c1-5-16-9-14-8-15(11-18(14)12(2)3)21(19,20)17-7-6-13(4)10-17/h8,11-13,16H,5-7,9-10H2,1-4H3. The molecule has 21 heavy (non-hydrogen) atoms. The van der Waals surface area contributed by atoms with E-state index in [1.165, 1.54) is 0 Å². The van der Waals surface area contributed by atoms with Gasteiger partial charge in [0.1, 0.15) is 4.90 Å². The molecule has 0 aromatic carbocycles. The van der Waals surface area contributed by atoms with Crippen molar-refractivity contribution >= 4 is 10.0 Å². The molecule has 1 aliphatic rings. The van der Waals surface area contributed by atoms with Crippen molar-refractivity contribution in [2.45, 2.75) is 51.6 Å². The van der Waals surface area contributed by atoms with Crippen LogP contribution in [0.5, 0.6) is 0 Å². The van der Waals surface area contributed by atoms with Gasteiger partial charge in [0.2, 0.25) is 10.0 Å². The van der Waals surface area contributed by atoms with E-state index in [2.05, 4.69) is 30.7 Å². The van der Waals surface area contributed by atoms with Gasteiger partial charge in [-0.25, -0.2) is 8.42 Å². The molecule has 0 bridgehead atoms.